The number of benzene rings is 2. The highest BCUT2D eigenvalue weighted by Gasteiger charge is 2.31. The van der Waals surface area contributed by atoms with Crippen molar-refractivity contribution in [2.75, 3.05) is 26.2 Å². The molecule has 0 unspecified atom stereocenters. The Labute approximate surface area is 186 Å². The molecule has 1 aliphatic heterocycles. The minimum Gasteiger partial charge on any atom is -0.508 e. The molecule has 0 saturated heterocycles. The van der Waals surface area contributed by atoms with Crippen LogP contribution < -0.4 is 15.6 Å². The van der Waals surface area contributed by atoms with Crippen LogP contribution in [0.15, 0.2) is 41.5 Å². The molecule has 3 rings (SSSR count). The smallest absolute Gasteiger partial charge is 0.288 e. The van der Waals surface area contributed by atoms with Crippen LogP contribution in [0.5, 0.6) is 17.2 Å². The van der Waals surface area contributed by atoms with Gasteiger partial charge in [-0.2, -0.15) is 10.4 Å². The Morgan fingerprint density at radius 1 is 1.28 bits per heavy atom. The summed E-state index contributed by atoms with van der Waals surface area (Å²) in [5.41, 5.74) is 2.47. The molecule has 0 bridgehead atoms. The largest absolute Gasteiger partial charge is 0.508 e. The van der Waals surface area contributed by atoms with Crippen molar-refractivity contribution in [1.29, 1.82) is 5.26 Å². The van der Waals surface area contributed by atoms with Crippen LogP contribution in [-0.2, 0) is 4.79 Å². The predicted molar refractivity (Wildman–Crippen MR) is 119 cm³/mol. The average molecular weight is 436 g/mol. The fraction of sp³-hybridized carbons (Fsp3) is 0.304. The van der Waals surface area contributed by atoms with Crippen molar-refractivity contribution >= 4 is 17.3 Å². The zero-order valence-electron chi connectivity index (χ0n) is 18.0. The number of rotatable bonds is 7. The van der Waals surface area contributed by atoms with E-state index in [1.54, 1.807) is 35.2 Å². The molecule has 2 aromatic rings. The lowest BCUT2D eigenvalue weighted by Gasteiger charge is -2.24. The standard InChI is InChI=1S/C23H25N5O4/c1-14(2)17-9-18(21(30)10-20(17)29)23(27-25)19-13-28(22(31)12-26-19)7-8-32-16-5-3-15(11-24)4-6-16/h3-6,9-10,14,29-30H,7-8,12-13,25H2,1-2H3/p+1. The number of phenols is 2. The molecule has 9 heteroatoms. The molecule has 32 heavy (non-hydrogen) atoms. The molecule has 1 aliphatic rings. The number of amides is 1. The maximum Gasteiger partial charge on any atom is 0.288 e. The number of hydrogen-bond donors (Lipinski definition) is 4. The van der Waals surface area contributed by atoms with Gasteiger partial charge in [-0.25, -0.2) is 4.99 Å². The summed E-state index contributed by atoms with van der Waals surface area (Å²) in [6.07, 6.45) is 0. The molecule has 2 aromatic carbocycles. The van der Waals surface area contributed by atoms with Gasteiger partial charge in [-0.1, -0.05) is 13.8 Å². The first-order valence-electron chi connectivity index (χ1n) is 10.2. The van der Waals surface area contributed by atoms with Gasteiger partial charge in [0, 0.05) is 6.07 Å². The second kappa shape index (κ2) is 9.83. The molecular formula is C23H26N5O4+. The fourth-order valence-corrected chi connectivity index (χ4v) is 3.45. The van der Waals surface area contributed by atoms with Crippen LogP contribution in [0.4, 0.5) is 0 Å². The number of nitrogens with one attached hydrogen (secondary N) is 1. The highest BCUT2D eigenvalue weighted by atomic mass is 16.5. The van der Waals surface area contributed by atoms with Crippen LogP contribution in [0.3, 0.4) is 0 Å². The number of phenolic OH excluding ortho intramolecular Hbond substituents is 2. The fourth-order valence-electron chi connectivity index (χ4n) is 3.45. The second-order valence-corrected chi connectivity index (χ2v) is 7.69. The van der Waals surface area contributed by atoms with E-state index in [-0.39, 0.29) is 43.0 Å². The van der Waals surface area contributed by atoms with Crippen LogP contribution in [-0.4, -0.2) is 58.7 Å². The first-order valence-corrected chi connectivity index (χ1v) is 10.2. The normalized spacial score (nSPS) is 14.3. The summed E-state index contributed by atoms with van der Waals surface area (Å²) in [5, 5.41) is 33.2. The highest BCUT2D eigenvalue weighted by Crippen LogP contribution is 2.32. The summed E-state index contributed by atoms with van der Waals surface area (Å²) in [6, 6.07) is 11.7. The van der Waals surface area contributed by atoms with E-state index in [4.69, 9.17) is 15.8 Å². The highest BCUT2D eigenvalue weighted by molar-refractivity contribution is 6.48. The summed E-state index contributed by atoms with van der Waals surface area (Å²) in [6.45, 7) is 4.72. The Balaban J connectivity index is 1.72. The van der Waals surface area contributed by atoms with E-state index in [9.17, 15) is 15.0 Å². The summed E-state index contributed by atoms with van der Waals surface area (Å²) in [4.78, 5) is 17.0. The minimum absolute atomic E-state index is 0.00372. The lowest BCUT2D eigenvalue weighted by Crippen LogP contribution is -2.83. The number of aromatic hydroxyl groups is 2. The van der Waals surface area contributed by atoms with Crippen LogP contribution in [0.2, 0.25) is 0 Å². The van der Waals surface area contributed by atoms with Crippen LogP contribution in [0.1, 0.15) is 36.5 Å². The van der Waals surface area contributed by atoms with Gasteiger partial charge < -0.3 is 25.7 Å². The number of carbonyl (C=O) groups excluding carboxylic acids is 1. The summed E-state index contributed by atoms with van der Waals surface area (Å²) in [7, 11) is 0. The van der Waals surface area contributed by atoms with Crippen molar-refractivity contribution in [2.24, 2.45) is 10.9 Å². The quantitative estimate of drug-likeness (QED) is 0.277. The molecule has 0 aromatic heterocycles. The third kappa shape index (κ3) is 4.98. The molecule has 0 radical (unpaired) electrons. The SMILES string of the molecule is CC(C)c1cc(C(=NN)C2=[NH+]CC(=O)N(CCOc3ccc(C#N)cc3)C2)c(O)cc1O. The van der Waals surface area contributed by atoms with Crippen molar-refractivity contribution in [3.05, 3.63) is 53.1 Å². The lowest BCUT2D eigenvalue weighted by atomic mass is 9.95. The van der Waals surface area contributed by atoms with Crippen molar-refractivity contribution < 1.29 is 24.7 Å². The van der Waals surface area contributed by atoms with Gasteiger partial charge in [-0.05, 0) is 41.8 Å². The van der Waals surface area contributed by atoms with Gasteiger partial charge in [0.25, 0.3) is 5.91 Å². The number of nitrogens with zero attached hydrogens (tertiary/aromatic N) is 3. The molecule has 9 nitrogen and oxygen atoms in total. The van der Waals surface area contributed by atoms with Gasteiger partial charge in [0.15, 0.2) is 5.71 Å². The van der Waals surface area contributed by atoms with Crippen LogP contribution in [0.25, 0.3) is 0 Å². The number of hydrazone groups is 1. The molecule has 1 heterocycles. The first-order chi connectivity index (χ1) is 15.3. The molecule has 0 saturated carbocycles. The second-order valence-electron chi connectivity index (χ2n) is 7.69. The Morgan fingerprint density at radius 2 is 2.00 bits per heavy atom. The van der Waals surface area contributed by atoms with Gasteiger partial charge in [0.2, 0.25) is 12.3 Å². The maximum absolute atomic E-state index is 12.4. The molecule has 0 spiro atoms. The minimum atomic E-state index is -0.155. The zero-order valence-corrected chi connectivity index (χ0v) is 18.0. The van der Waals surface area contributed by atoms with Gasteiger partial charge in [0.1, 0.15) is 30.4 Å². The van der Waals surface area contributed by atoms with E-state index in [0.717, 1.165) is 0 Å². The molecule has 5 N–H and O–H groups in total. The Kier molecular flexibility index (Phi) is 6.95. The van der Waals surface area contributed by atoms with E-state index in [0.29, 0.717) is 40.4 Å². The number of nitriles is 1. The molecule has 0 aliphatic carbocycles. The van der Waals surface area contributed by atoms with E-state index >= 15 is 0 Å². The lowest BCUT2D eigenvalue weighted by molar-refractivity contribution is -0.449. The predicted octanol–water partition coefficient (Wildman–Crippen LogP) is 0.198. The number of hydrogen-bond acceptors (Lipinski definition) is 7. The van der Waals surface area contributed by atoms with Gasteiger partial charge in [-0.15, -0.1) is 0 Å². The van der Waals surface area contributed by atoms with E-state index in [2.05, 4.69) is 10.1 Å². The van der Waals surface area contributed by atoms with Crippen molar-refractivity contribution in [3.8, 4) is 23.3 Å². The molecule has 1 amide bonds. The number of carbonyl (C=O) groups is 1. The zero-order chi connectivity index (χ0) is 23.3. The van der Waals surface area contributed by atoms with Gasteiger partial charge >= 0.3 is 0 Å². The molecule has 0 fully saturated rings. The topological polar surface area (TPSA) is 146 Å². The molecule has 0 atom stereocenters. The number of nitrogens with two attached hydrogens (primary N) is 1. The number of ether oxygens (including phenoxy) is 1. The van der Waals surface area contributed by atoms with Gasteiger partial charge in [-0.3, -0.25) is 4.79 Å². The Morgan fingerprint density at radius 3 is 2.62 bits per heavy atom. The van der Waals surface area contributed by atoms with Crippen LogP contribution in [0, 0.1) is 11.3 Å². The third-order valence-corrected chi connectivity index (χ3v) is 5.21. The third-order valence-electron chi connectivity index (χ3n) is 5.21. The summed E-state index contributed by atoms with van der Waals surface area (Å²) >= 11 is 0. The Bertz CT molecular complexity index is 1100. The van der Waals surface area contributed by atoms with E-state index in [1.807, 2.05) is 19.9 Å². The first kappa shape index (κ1) is 22.6. The van der Waals surface area contributed by atoms with Crippen molar-refractivity contribution in [3.63, 3.8) is 0 Å². The van der Waals surface area contributed by atoms with Crippen molar-refractivity contribution in [2.45, 2.75) is 19.8 Å². The summed E-state index contributed by atoms with van der Waals surface area (Å²) in [5.74, 6) is 6.02. The van der Waals surface area contributed by atoms with E-state index in [1.165, 1.54) is 6.07 Å². The monoisotopic (exact) mass is 436 g/mol. The maximum atomic E-state index is 12.4. The molecule has 166 valence electrons. The van der Waals surface area contributed by atoms with Crippen molar-refractivity contribution in [1.82, 2.24) is 4.90 Å². The van der Waals surface area contributed by atoms with Gasteiger partial charge in [0.05, 0.1) is 23.7 Å². The Hall–Kier alpha value is -4.06. The van der Waals surface area contributed by atoms with E-state index < -0.39 is 0 Å². The van der Waals surface area contributed by atoms with Crippen LogP contribution >= 0.6 is 0 Å². The molecular weight excluding hydrogens is 410 g/mol. The summed E-state index contributed by atoms with van der Waals surface area (Å²) < 4.78 is 5.68. The average Bonchev–Trinajstić information content (AvgIpc) is 2.77.